The van der Waals surface area contributed by atoms with Crippen LogP contribution in [0.25, 0.3) is 0 Å². The molecule has 0 aliphatic carbocycles. The van der Waals surface area contributed by atoms with Crippen LogP contribution in [0, 0.1) is 0 Å². The number of allylic oxidation sites excluding steroid dienone is 4. The molecule has 0 unspecified atom stereocenters. The molecular weight excluding hydrogens is 531 g/mol. The minimum absolute atomic E-state index is 0.00737. The van der Waals surface area contributed by atoms with E-state index in [1.807, 2.05) is 0 Å². The first-order valence-corrected chi connectivity index (χ1v) is 19.7. The molecule has 0 aromatic heterocycles. The Morgan fingerprint density at radius 3 is 0.975 bits per heavy atom. The molecule has 0 saturated heterocycles. The van der Waals surface area contributed by atoms with Crippen molar-refractivity contribution < 1.29 is 9.59 Å². The van der Waals surface area contributed by atoms with Gasteiger partial charge in [0, 0.05) is 12.8 Å². The number of hydrogen-bond donors (Lipinski definition) is 0. The molecule has 2 nitrogen and oxygen atoms in total. The van der Waals surface area contributed by atoms with Gasteiger partial charge in [-0.15, -0.1) is 0 Å². The molecule has 0 amide bonds. The average molecular weight is 597 g/mol. The molecule has 40 heavy (non-hydrogen) atoms. The summed E-state index contributed by atoms with van der Waals surface area (Å²) in [6.07, 6.45) is 42.7. The predicted octanol–water partition coefficient (Wildman–Crippen LogP) is 13.8. The smallest absolute Gasteiger partial charge is 0.177 e. The van der Waals surface area contributed by atoms with Gasteiger partial charge in [-0.3, -0.25) is 9.59 Å². The van der Waals surface area contributed by atoms with E-state index in [4.69, 9.17) is 11.2 Å². The van der Waals surface area contributed by atoms with Crippen LogP contribution in [0.1, 0.15) is 194 Å². The van der Waals surface area contributed by atoms with Crippen LogP contribution in [0.3, 0.4) is 0 Å². The summed E-state index contributed by atoms with van der Waals surface area (Å²) in [5, 5.41) is 0. The second-order valence-electron chi connectivity index (χ2n) is 11.7. The van der Waals surface area contributed by atoms with Crippen LogP contribution in [-0.4, -0.2) is 11.0 Å². The van der Waals surface area contributed by atoms with Crippen molar-refractivity contribution in [2.24, 2.45) is 0 Å². The van der Waals surface area contributed by atoms with Crippen LogP contribution >= 0.6 is 18.5 Å². The van der Waals surface area contributed by atoms with E-state index in [0.717, 1.165) is 25.7 Å². The summed E-state index contributed by atoms with van der Waals surface area (Å²) >= 11 is 6.26. The van der Waals surface area contributed by atoms with Gasteiger partial charge in [-0.05, 0) is 64.2 Å². The van der Waals surface area contributed by atoms with Gasteiger partial charge >= 0.3 is 0 Å². The largest absolute Gasteiger partial charge is 0.293 e. The molecule has 0 rings (SSSR count). The van der Waals surface area contributed by atoms with Crippen molar-refractivity contribution in [1.29, 1.82) is 0 Å². The van der Waals surface area contributed by atoms with Crippen molar-refractivity contribution in [2.75, 3.05) is 0 Å². The summed E-state index contributed by atoms with van der Waals surface area (Å²) < 4.78 is 0. The quantitative estimate of drug-likeness (QED) is 0.0439. The first-order valence-electron chi connectivity index (χ1n) is 17.4. The Bertz CT molecular complexity index is 564. The molecule has 0 aromatic carbocycles. The number of unbranched alkanes of at least 4 members (excludes halogenated alkanes) is 22. The number of carbonyl (C=O) groups excluding carboxylic acids is 2. The summed E-state index contributed by atoms with van der Waals surface area (Å²) in [6, 6.07) is 0. The third-order valence-electron chi connectivity index (χ3n) is 7.74. The fourth-order valence-corrected chi connectivity index (χ4v) is 6.52. The number of rotatable bonds is 32. The molecule has 234 valence electrons. The van der Waals surface area contributed by atoms with Crippen molar-refractivity contribution in [2.45, 2.75) is 194 Å². The third kappa shape index (κ3) is 29.0. The third-order valence-corrected chi connectivity index (χ3v) is 10.2. The Labute approximate surface area is 256 Å². The lowest BCUT2D eigenvalue weighted by molar-refractivity contribution is -0.114. The zero-order valence-electron chi connectivity index (χ0n) is 26.8. The van der Waals surface area contributed by atoms with Crippen molar-refractivity contribution in [3.63, 3.8) is 0 Å². The highest BCUT2D eigenvalue weighted by Crippen LogP contribution is 2.46. The molecule has 0 aliphatic rings. The molecule has 0 radical (unpaired) electrons. The maximum atomic E-state index is 12.3. The SMILES string of the molecule is CCCCCCCC/C=C\CCCCCCCC(=O)P(Cl)C(=O)CCCCCCC/C=C\CCCCCCCC. The Morgan fingerprint density at radius 1 is 0.425 bits per heavy atom. The second kappa shape index (κ2) is 33.0. The van der Waals surface area contributed by atoms with Gasteiger partial charge < -0.3 is 0 Å². The highest BCUT2D eigenvalue weighted by atomic mass is 35.7. The van der Waals surface area contributed by atoms with Gasteiger partial charge in [0.25, 0.3) is 0 Å². The normalized spacial score (nSPS) is 11.9. The summed E-state index contributed by atoms with van der Waals surface area (Å²) in [5.41, 5.74) is -0.0147. The second-order valence-corrected chi connectivity index (χ2v) is 14.3. The van der Waals surface area contributed by atoms with Gasteiger partial charge in [0.15, 0.2) is 11.0 Å². The number of halogens is 1. The highest BCUT2D eigenvalue weighted by molar-refractivity contribution is 8.08. The number of hydrogen-bond acceptors (Lipinski definition) is 2. The summed E-state index contributed by atoms with van der Waals surface area (Å²) in [6.45, 7) is 4.53. The molecule has 0 atom stereocenters. The van der Waals surface area contributed by atoms with Gasteiger partial charge in [0.1, 0.15) is 7.27 Å². The molecule has 0 aromatic rings. The van der Waals surface area contributed by atoms with E-state index in [2.05, 4.69) is 38.2 Å². The van der Waals surface area contributed by atoms with Crippen molar-refractivity contribution in [3.8, 4) is 0 Å². The fraction of sp³-hybridized carbons (Fsp3) is 0.833. The number of carbonyl (C=O) groups is 2. The van der Waals surface area contributed by atoms with Crippen LogP contribution in [0.4, 0.5) is 0 Å². The minimum Gasteiger partial charge on any atom is -0.293 e. The fourth-order valence-electron chi connectivity index (χ4n) is 5.03. The van der Waals surface area contributed by atoms with Gasteiger partial charge in [0.2, 0.25) is 0 Å². The predicted molar refractivity (Wildman–Crippen MR) is 182 cm³/mol. The Hall–Kier alpha value is -0.460. The average Bonchev–Trinajstić information content (AvgIpc) is 2.96. The van der Waals surface area contributed by atoms with Crippen molar-refractivity contribution in [1.82, 2.24) is 0 Å². The van der Waals surface area contributed by atoms with E-state index >= 15 is 0 Å². The molecule has 0 heterocycles. The van der Waals surface area contributed by atoms with Gasteiger partial charge in [-0.2, -0.15) is 0 Å². The molecule has 4 heteroatoms. The molecular formula is C36H66ClO2P. The Morgan fingerprint density at radius 2 is 0.675 bits per heavy atom. The topological polar surface area (TPSA) is 34.1 Å². The maximum absolute atomic E-state index is 12.3. The van der Waals surface area contributed by atoms with Gasteiger partial charge in [-0.1, -0.05) is 152 Å². The van der Waals surface area contributed by atoms with E-state index in [-0.39, 0.29) is 11.0 Å². The van der Waals surface area contributed by atoms with Crippen LogP contribution in [0.2, 0.25) is 0 Å². The minimum atomic E-state index is -1.61. The van der Waals surface area contributed by atoms with Crippen LogP contribution in [-0.2, 0) is 9.59 Å². The summed E-state index contributed by atoms with van der Waals surface area (Å²) in [4.78, 5) is 24.7. The standard InChI is InChI=1S/C36H66ClO2P/c1-3-5-7-9-11-13-15-17-19-21-23-25-27-29-31-33-35(38)40(37)36(39)34-32-30-28-26-24-22-20-18-16-14-12-10-8-6-4-2/h17-20H,3-16,21-34H2,1-2H3/b19-17-,20-18-. The lowest BCUT2D eigenvalue weighted by Gasteiger charge is -2.07. The zero-order chi connectivity index (χ0) is 29.4. The van der Waals surface area contributed by atoms with Crippen molar-refractivity contribution in [3.05, 3.63) is 24.3 Å². The Balaban J connectivity index is 3.51. The molecule has 0 bridgehead atoms. The van der Waals surface area contributed by atoms with E-state index in [0.29, 0.717) is 12.8 Å². The zero-order valence-corrected chi connectivity index (χ0v) is 28.4. The van der Waals surface area contributed by atoms with Crippen molar-refractivity contribution >= 4 is 29.6 Å². The van der Waals surface area contributed by atoms with E-state index in [9.17, 15) is 9.59 Å². The summed E-state index contributed by atoms with van der Waals surface area (Å²) in [7, 11) is -1.61. The van der Waals surface area contributed by atoms with Gasteiger partial charge in [0.05, 0.1) is 0 Å². The lowest BCUT2D eigenvalue weighted by atomic mass is 10.1. The Kier molecular flexibility index (Phi) is 32.7. The van der Waals surface area contributed by atoms with E-state index < -0.39 is 7.27 Å². The lowest BCUT2D eigenvalue weighted by Crippen LogP contribution is -2.01. The molecule has 0 fully saturated rings. The first-order chi connectivity index (χ1) is 19.6. The molecule has 0 aliphatic heterocycles. The first kappa shape index (κ1) is 39.5. The maximum Gasteiger partial charge on any atom is 0.177 e. The molecule has 0 saturated carbocycles. The highest BCUT2D eigenvalue weighted by Gasteiger charge is 2.22. The monoisotopic (exact) mass is 596 g/mol. The van der Waals surface area contributed by atoms with Crippen LogP contribution in [0.5, 0.6) is 0 Å². The summed E-state index contributed by atoms with van der Waals surface area (Å²) in [5.74, 6) is 0. The van der Waals surface area contributed by atoms with Crippen LogP contribution in [0.15, 0.2) is 24.3 Å². The molecule has 0 N–H and O–H groups in total. The molecule has 0 spiro atoms. The van der Waals surface area contributed by atoms with Gasteiger partial charge in [-0.25, -0.2) is 0 Å². The van der Waals surface area contributed by atoms with E-state index in [1.54, 1.807) is 0 Å². The van der Waals surface area contributed by atoms with E-state index in [1.165, 1.54) is 141 Å². The van der Waals surface area contributed by atoms with Crippen LogP contribution < -0.4 is 0 Å².